The van der Waals surface area contributed by atoms with Crippen LogP contribution in [0.1, 0.15) is 15.4 Å². The number of carbonyl (C=O) groups excluding carboxylic acids is 1. The molecular weight excluding hydrogens is 326 g/mol. The lowest BCUT2D eigenvalue weighted by Gasteiger charge is -2.02. The topological polar surface area (TPSA) is 82.8 Å². The third-order valence-corrected chi connectivity index (χ3v) is 4.69. The first-order valence-corrected chi connectivity index (χ1v) is 8.05. The summed E-state index contributed by atoms with van der Waals surface area (Å²) in [6.07, 6.45) is 5.26. The number of hydrogen-bond donors (Lipinski definition) is 1. The van der Waals surface area contributed by atoms with Gasteiger partial charge in [-0.3, -0.25) is 9.20 Å². The van der Waals surface area contributed by atoms with E-state index >= 15 is 0 Å². The summed E-state index contributed by atoms with van der Waals surface area (Å²) in [5.41, 5.74) is 7.20. The maximum atomic E-state index is 11.7. The van der Waals surface area contributed by atoms with Crippen molar-refractivity contribution in [1.82, 2.24) is 9.38 Å². The number of thiophene rings is 1. The van der Waals surface area contributed by atoms with Crippen LogP contribution in [0.5, 0.6) is 5.75 Å². The summed E-state index contributed by atoms with van der Waals surface area (Å²) in [4.78, 5) is 17.3. The highest BCUT2D eigenvalue weighted by atomic mass is 32.1. The standard InChI is InChI=1S/C17H13N3O3S/c18-17(21)16-13(23-10-11-4-3-7-22-11)8-14(24-16)12-9-19-15-5-1-2-6-20(12)15/h1-9H,10H2,(H2,18,21). The number of pyridine rings is 1. The van der Waals surface area contributed by atoms with Crippen molar-refractivity contribution in [2.75, 3.05) is 0 Å². The van der Waals surface area contributed by atoms with Gasteiger partial charge in [-0.2, -0.15) is 0 Å². The van der Waals surface area contributed by atoms with Gasteiger partial charge in [-0.1, -0.05) is 6.07 Å². The highest BCUT2D eigenvalue weighted by Crippen LogP contribution is 2.36. The SMILES string of the molecule is NC(=O)c1sc(-c2cnc3ccccn23)cc1OCc1ccco1. The largest absolute Gasteiger partial charge is 0.484 e. The van der Waals surface area contributed by atoms with E-state index in [0.29, 0.717) is 16.4 Å². The average Bonchev–Trinajstić information content (AvgIpc) is 3.31. The molecule has 0 bridgehead atoms. The Bertz CT molecular complexity index is 1000. The van der Waals surface area contributed by atoms with Gasteiger partial charge in [0.05, 0.1) is 23.0 Å². The van der Waals surface area contributed by atoms with E-state index in [1.54, 1.807) is 18.5 Å². The van der Waals surface area contributed by atoms with E-state index < -0.39 is 5.91 Å². The van der Waals surface area contributed by atoms with Crippen LogP contribution >= 0.6 is 11.3 Å². The molecule has 0 aliphatic heterocycles. The van der Waals surface area contributed by atoms with Gasteiger partial charge in [-0.25, -0.2) is 4.98 Å². The number of hydrogen-bond acceptors (Lipinski definition) is 5. The summed E-state index contributed by atoms with van der Waals surface area (Å²) < 4.78 is 12.9. The Morgan fingerprint density at radius 1 is 1.33 bits per heavy atom. The van der Waals surface area contributed by atoms with E-state index in [9.17, 15) is 4.79 Å². The summed E-state index contributed by atoms with van der Waals surface area (Å²) in [6, 6.07) is 11.2. The number of amides is 1. The molecule has 0 fully saturated rings. The number of fused-ring (bicyclic) bond motifs is 1. The lowest BCUT2D eigenvalue weighted by Crippen LogP contribution is -2.10. The Kier molecular flexibility index (Phi) is 3.55. The van der Waals surface area contributed by atoms with E-state index in [1.807, 2.05) is 40.9 Å². The highest BCUT2D eigenvalue weighted by Gasteiger charge is 2.18. The van der Waals surface area contributed by atoms with E-state index in [4.69, 9.17) is 14.9 Å². The van der Waals surface area contributed by atoms with Crippen LogP contribution in [0, 0.1) is 0 Å². The molecule has 6 nitrogen and oxygen atoms in total. The summed E-state index contributed by atoms with van der Waals surface area (Å²) in [5.74, 6) is 0.604. The molecule has 4 rings (SSSR count). The predicted octanol–water partition coefficient (Wildman–Crippen LogP) is 3.33. The highest BCUT2D eigenvalue weighted by molar-refractivity contribution is 7.17. The molecule has 0 aliphatic rings. The van der Waals surface area contributed by atoms with Gasteiger partial charge in [0.25, 0.3) is 5.91 Å². The molecule has 24 heavy (non-hydrogen) atoms. The van der Waals surface area contributed by atoms with E-state index in [-0.39, 0.29) is 6.61 Å². The zero-order chi connectivity index (χ0) is 16.5. The number of ether oxygens (including phenoxy) is 1. The molecule has 4 aromatic heterocycles. The van der Waals surface area contributed by atoms with Crippen LogP contribution in [0.15, 0.2) is 59.5 Å². The molecule has 4 heterocycles. The van der Waals surface area contributed by atoms with E-state index in [2.05, 4.69) is 4.98 Å². The molecule has 2 N–H and O–H groups in total. The summed E-state index contributed by atoms with van der Waals surface area (Å²) in [6.45, 7) is 0.233. The first kappa shape index (κ1) is 14.5. The molecular formula is C17H13N3O3S. The minimum Gasteiger partial charge on any atom is -0.484 e. The molecule has 4 aromatic rings. The third-order valence-electron chi connectivity index (χ3n) is 3.54. The minimum atomic E-state index is -0.519. The Morgan fingerprint density at radius 3 is 3.04 bits per heavy atom. The normalized spacial score (nSPS) is 11.0. The van der Waals surface area contributed by atoms with Crippen LogP contribution in [-0.2, 0) is 6.61 Å². The fraction of sp³-hybridized carbons (Fsp3) is 0.0588. The molecule has 1 amide bonds. The number of rotatable bonds is 5. The quantitative estimate of drug-likeness (QED) is 0.604. The summed E-state index contributed by atoms with van der Waals surface area (Å²) in [5, 5.41) is 0. The monoisotopic (exact) mass is 339 g/mol. The Hall–Kier alpha value is -3.06. The molecule has 0 saturated heterocycles. The van der Waals surface area contributed by atoms with Gasteiger partial charge in [0.15, 0.2) is 0 Å². The zero-order valence-corrected chi connectivity index (χ0v) is 13.3. The number of aromatic nitrogens is 2. The molecule has 7 heteroatoms. The minimum absolute atomic E-state index is 0.233. The molecule has 0 unspecified atom stereocenters. The van der Waals surface area contributed by atoms with Crippen molar-refractivity contribution in [2.45, 2.75) is 6.61 Å². The van der Waals surface area contributed by atoms with Crippen LogP contribution in [0.2, 0.25) is 0 Å². The van der Waals surface area contributed by atoms with Gasteiger partial charge in [0, 0.05) is 12.3 Å². The van der Waals surface area contributed by atoms with Crippen molar-refractivity contribution in [1.29, 1.82) is 0 Å². The maximum absolute atomic E-state index is 11.7. The van der Waals surface area contributed by atoms with Crippen LogP contribution in [0.3, 0.4) is 0 Å². The number of imidazole rings is 1. The summed E-state index contributed by atoms with van der Waals surface area (Å²) >= 11 is 1.29. The lowest BCUT2D eigenvalue weighted by molar-refractivity contribution is 0.0999. The van der Waals surface area contributed by atoms with Crippen LogP contribution in [-0.4, -0.2) is 15.3 Å². The van der Waals surface area contributed by atoms with Crippen LogP contribution in [0.4, 0.5) is 0 Å². The second-order valence-electron chi connectivity index (χ2n) is 5.11. The van der Waals surface area contributed by atoms with Crippen LogP contribution < -0.4 is 10.5 Å². The molecule has 0 aromatic carbocycles. The van der Waals surface area contributed by atoms with Crippen LogP contribution in [0.25, 0.3) is 16.2 Å². The number of nitrogens with zero attached hydrogens (tertiary/aromatic N) is 2. The molecule has 120 valence electrons. The number of nitrogens with two attached hydrogens (primary N) is 1. The van der Waals surface area contributed by atoms with Crippen molar-refractivity contribution in [2.24, 2.45) is 5.73 Å². The molecule has 0 saturated carbocycles. The Balaban J connectivity index is 1.71. The zero-order valence-electron chi connectivity index (χ0n) is 12.5. The average molecular weight is 339 g/mol. The van der Waals surface area contributed by atoms with Gasteiger partial charge in [0.2, 0.25) is 0 Å². The second-order valence-corrected chi connectivity index (χ2v) is 6.16. The first-order chi connectivity index (χ1) is 11.7. The fourth-order valence-corrected chi connectivity index (χ4v) is 3.40. The lowest BCUT2D eigenvalue weighted by atomic mass is 10.3. The van der Waals surface area contributed by atoms with E-state index in [1.165, 1.54) is 11.3 Å². The Morgan fingerprint density at radius 2 is 2.25 bits per heavy atom. The van der Waals surface area contributed by atoms with Crippen molar-refractivity contribution in [3.8, 4) is 16.3 Å². The van der Waals surface area contributed by atoms with Gasteiger partial charge in [-0.15, -0.1) is 11.3 Å². The van der Waals surface area contributed by atoms with E-state index in [0.717, 1.165) is 16.2 Å². The molecule has 0 aliphatic carbocycles. The Labute approximate surface area is 141 Å². The molecule has 0 spiro atoms. The smallest absolute Gasteiger partial charge is 0.262 e. The van der Waals surface area contributed by atoms with Gasteiger partial charge in [0.1, 0.15) is 28.6 Å². The maximum Gasteiger partial charge on any atom is 0.262 e. The van der Waals surface area contributed by atoms with Gasteiger partial charge < -0.3 is 14.9 Å². The first-order valence-electron chi connectivity index (χ1n) is 7.23. The van der Waals surface area contributed by atoms with Gasteiger partial charge in [-0.05, 0) is 24.3 Å². The molecule has 0 atom stereocenters. The summed E-state index contributed by atoms with van der Waals surface area (Å²) in [7, 11) is 0. The van der Waals surface area contributed by atoms with Gasteiger partial charge >= 0.3 is 0 Å². The van der Waals surface area contributed by atoms with Crippen molar-refractivity contribution < 1.29 is 13.9 Å². The number of carbonyl (C=O) groups is 1. The molecule has 0 radical (unpaired) electrons. The fourth-order valence-electron chi connectivity index (χ4n) is 2.44. The third kappa shape index (κ3) is 2.55. The van der Waals surface area contributed by atoms with Crippen molar-refractivity contribution >= 4 is 22.9 Å². The number of primary amides is 1. The van der Waals surface area contributed by atoms with Crippen molar-refractivity contribution in [3.63, 3.8) is 0 Å². The second kappa shape index (κ2) is 5.86. The number of furan rings is 1. The predicted molar refractivity (Wildman–Crippen MR) is 90.1 cm³/mol. The van der Waals surface area contributed by atoms with Crippen molar-refractivity contribution in [3.05, 3.63) is 65.7 Å².